The van der Waals surface area contributed by atoms with E-state index in [2.05, 4.69) is 42.0 Å². The lowest BCUT2D eigenvalue weighted by molar-refractivity contribution is 0.237. The number of aromatic nitrogens is 4. The number of amides is 2. The van der Waals surface area contributed by atoms with Gasteiger partial charge < -0.3 is 10.6 Å². The van der Waals surface area contributed by atoms with Gasteiger partial charge in [-0.05, 0) is 45.0 Å². The third kappa shape index (κ3) is 4.73. The van der Waals surface area contributed by atoms with E-state index in [1.807, 2.05) is 20.8 Å². The third-order valence-electron chi connectivity index (χ3n) is 3.24. The van der Waals surface area contributed by atoms with Crippen LogP contribution in [0.25, 0.3) is 0 Å². The zero-order chi connectivity index (χ0) is 17.9. The molecule has 0 saturated carbocycles. The Hall–Kier alpha value is -2.03. The van der Waals surface area contributed by atoms with Gasteiger partial charge in [0.05, 0.1) is 18.1 Å². The summed E-state index contributed by atoms with van der Waals surface area (Å²) in [6, 6.07) is 3.80. The van der Waals surface area contributed by atoms with Crippen molar-refractivity contribution in [3.05, 3.63) is 39.9 Å². The first-order valence-corrected chi connectivity index (χ1v) is 8.25. The Kier molecular flexibility index (Phi) is 5.53. The SMILES string of the molecule is CC(NC(=O)NCc1nnn(C(C)(C)C)n1)c1ccc(Br)cc1F. The molecule has 1 atom stereocenters. The average molecular weight is 399 g/mol. The molecule has 0 aliphatic heterocycles. The van der Waals surface area contributed by atoms with Crippen molar-refractivity contribution in [3.63, 3.8) is 0 Å². The van der Waals surface area contributed by atoms with Crippen molar-refractivity contribution in [2.75, 3.05) is 0 Å². The maximum absolute atomic E-state index is 13.9. The molecule has 2 N–H and O–H groups in total. The first-order valence-electron chi connectivity index (χ1n) is 7.45. The molecule has 7 nitrogen and oxygen atoms in total. The summed E-state index contributed by atoms with van der Waals surface area (Å²) in [4.78, 5) is 13.4. The van der Waals surface area contributed by atoms with Gasteiger partial charge in [-0.1, -0.05) is 22.0 Å². The maximum Gasteiger partial charge on any atom is 0.315 e. The van der Waals surface area contributed by atoms with E-state index in [0.717, 1.165) is 0 Å². The summed E-state index contributed by atoms with van der Waals surface area (Å²) in [7, 11) is 0. The van der Waals surface area contributed by atoms with E-state index in [-0.39, 0.29) is 17.9 Å². The van der Waals surface area contributed by atoms with E-state index >= 15 is 0 Å². The average Bonchev–Trinajstić information content (AvgIpc) is 2.93. The van der Waals surface area contributed by atoms with Gasteiger partial charge in [0.1, 0.15) is 5.82 Å². The van der Waals surface area contributed by atoms with E-state index in [9.17, 15) is 9.18 Å². The van der Waals surface area contributed by atoms with Crippen LogP contribution in [0.2, 0.25) is 0 Å². The number of tetrazole rings is 1. The second-order valence-electron chi connectivity index (χ2n) is 6.38. The number of carbonyl (C=O) groups excluding carboxylic acids is 1. The van der Waals surface area contributed by atoms with Gasteiger partial charge >= 0.3 is 6.03 Å². The molecule has 1 heterocycles. The largest absolute Gasteiger partial charge is 0.332 e. The van der Waals surface area contributed by atoms with Crippen LogP contribution in [0, 0.1) is 5.82 Å². The van der Waals surface area contributed by atoms with Crippen LogP contribution < -0.4 is 10.6 Å². The summed E-state index contributed by atoms with van der Waals surface area (Å²) in [6.07, 6.45) is 0. The van der Waals surface area contributed by atoms with E-state index in [0.29, 0.717) is 15.9 Å². The summed E-state index contributed by atoms with van der Waals surface area (Å²) >= 11 is 3.20. The van der Waals surface area contributed by atoms with Gasteiger partial charge in [0.2, 0.25) is 0 Å². The van der Waals surface area contributed by atoms with Crippen molar-refractivity contribution in [1.29, 1.82) is 0 Å². The highest BCUT2D eigenvalue weighted by Crippen LogP contribution is 2.20. The fraction of sp³-hybridized carbons (Fsp3) is 0.467. The Bertz CT molecular complexity index is 727. The van der Waals surface area contributed by atoms with Gasteiger partial charge in [0, 0.05) is 10.0 Å². The zero-order valence-corrected chi connectivity index (χ0v) is 15.6. The number of nitrogens with one attached hydrogen (secondary N) is 2. The lowest BCUT2D eigenvalue weighted by Crippen LogP contribution is -2.37. The van der Waals surface area contributed by atoms with Crippen LogP contribution in [0.5, 0.6) is 0 Å². The Morgan fingerprint density at radius 1 is 1.42 bits per heavy atom. The van der Waals surface area contributed by atoms with Gasteiger partial charge in [-0.25, -0.2) is 9.18 Å². The smallest absolute Gasteiger partial charge is 0.315 e. The van der Waals surface area contributed by atoms with Crippen molar-refractivity contribution in [2.45, 2.75) is 45.8 Å². The van der Waals surface area contributed by atoms with Crippen molar-refractivity contribution in [2.24, 2.45) is 0 Å². The number of benzene rings is 1. The molecule has 0 aliphatic rings. The molecular formula is C15H20BrFN6O. The Morgan fingerprint density at radius 2 is 2.12 bits per heavy atom. The lowest BCUT2D eigenvalue weighted by atomic mass is 10.1. The van der Waals surface area contributed by atoms with Crippen LogP contribution in [0.4, 0.5) is 9.18 Å². The molecule has 1 aromatic heterocycles. The van der Waals surface area contributed by atoms with Crippen molar-refractivity contribution in [3.8, 4) is 0 Å². The fourth-order valence-electron chi connectivity index (χ4n) is 1.94. The first-order chi connectivity index (χ1) is 11.2. The Balaban J connectivity index is 1.90. The minimum absolute atomic E-state index is 0.136. The second kappa shape index (κ2) is 7.25. The molecule has 0 aliphatic carbocycles. The van der Waals surface area contributed by atoms with Crippen LogP contribution in [0.15, 0.2) is 22.7 Å². The van der Waals surface area contributed by atoms with Crippen LogP contribution in [-0.4, -0.2) is 26.2 Å². The minimum atomic E-state index is -0.476. The Morgan fingerprint density at radius 3 is 2.71 bits per heavy atom. The van der Waals surface area contributed by atoms with E-state index in [1.54, 1.807) is 19.1 Å². The highest BCUT2D eigenvalue weighted by atomic mass is 79.9. The monoisotopic (exact) mass is 398 g/mol. The molecule has 0 fully saturated rings. The predicted molar refractivity (Wildman–Crippen MR) is 90.7 cm³/mol. The molecule has 2 rings (SSSR count). The lowest BCUT2D eigenvalue weighted by Gasteiger charge is -2.16. The number of urea groups is 1. The van der Waals surface area contributed by atoms with Gasteiger partial charge in [-0.2, -0.15) is 4.80 Å². The summed E-state index contributed by atoms with van der Waals surface area (Å²) < 4.78 is 14.5. The van der Waals surface area contributed by atoms with Crippen molar-refractivity contribution in [1.82, 2.24) is 30.8 Å². The summed E-state index contributed by atoms with van der Waals surface area (Å²) in [5.74, 6) is 0.0227. The normalized spacial score (nSPS) is 12.8. The molecule has 0 bridgehead atoms. The quantitative estimate of drug-likeness (QED) is 0.828. The number of hydrogen-bond acceptors (Lipinski definition) is 4. The van der Waals surface area contributed by atoms with Gasteiger partial charge in [-0.3, -0.25) is 0 Å². The molecule has 1 unspecified atom stereocenters. The third-order valence-corrected chi connectivity index (χ3v) is 3.73. The second-order valence-corrected chi connectivity index (χ2v) is 7.30. The molecular weight excluding hydrogens is 379 g/mol. The highest BCUT2D eigenvalue weighted by Gasteiger charge is 2.18. The van der Waals surface area contributed by atoms with Gasteiger partial charge in [0.15, 0.2) is 5.82 Å². The van der Waals surface area contributed by atoms with E-state index < -0.39 is 12.1 Å². The summed E-state index contributed by atoms with van der Waals surface area (Å²) in [6.45, 7) is 7.70. The zero-order valence-electron chi connectivity index (χ0n) is 14.0. The number of nitrogens with zero attached hydrogens (tertiary/aromatic N) is 4. The molecule has 0 saturated heterocycles. The van der Waals surface area contributed by atoms with Gasteiger partial charge in [-0.15, -0.1) is 10.2 Å². The molecule has 1 aromatic carbocycles. The molecule has 9 heteroatoms. The molecule has 130 valence electrons. The number of rotatable bonds is 4. The predicted octanol–water partition coefficient (Wildman–Crippen LogP) is 2.89. The van der Waals surface area contributed by atoms with Crippen molar-refractivity contribution < 1.29 is 9.18 Å². The topological polar surface area (TPSA) is 84.7 Å². The maximum atomic E-state index is 13.9. The first kappa shape index (κ1) is 18.3. The van der Waals surface area contributed by atoms with Gasteiger partial charge in [0.25, 0.3) is 0 Å². The van der Waals surface area contributed by atoms with Crippen molar-refractivity contribution >= 4 is 22.0 Å². The molecule has 24 heavy (non-hydrogen) atoms. The number of halogens is 2. The molecule has 0 radical (unpaired) electrons. The minimum Gasteiger partial charge on any atom is -0.332 e. The van der Waals surface area contributed by atoms with Crippen LogP contribution in [0.1, 0.15) is 45.1 Å². The van der Waals surface area contributed by atoms with E-state index in [4.69, 9.17) is 0 Å². The Labute approximate surface area is 148 Å². The molecule has 0 spiro atoms. The molecule has 2 amide bonds. The van der Waals surface area contributed by atoms with Crippen LogP contribution >= 0.6 is 15.9 Å². The standard InChI is InChI=1S/C15H20BrFN6O/c1-9(11-6-5-10(16)7-12(11)17)19-14(24)18-8-13-20-22-23(21-13)15(2,3)4/h5-7,9H,8H2,1-4H3,(H2,18,19,24). The van der Waals surface area contributed by atoms with Crippen LogP contribution in [0.3, 0.4) is 0 Å². The highest BCUT2D eigenvalue weighted by molar-refractivity contribution is 9.10. The van der Waals surface area contributed by atoms with E-state index in [1.165, 1.54) is 10.9 Å². The number of hydrogen-bond donors (Lipinski definition) is 2. The summed E-state index contributed by atoms with van der Waals surface area (Å²) in [5.41, 5.74) is 0.131. The number of carbonyl (C=O) groups is 1. The van der Waals surface area contributed by atoms with Crippen LogP contribution in [-0.2, 0) is 12.1 Å². The molecule has 2 aromatic rings. The fourth-order valence-corrected chi connectivity index (χ4v) is 2.27. The summed E-state index contributed by atoms with van der Waals surface area (Å²) in [5, 5.41) is 17.3.